The molecule has 20 heavy (non-hydrogen) atoms. The van der Waals surface area contributed by atoms with Crippen LogP contribution in [0.5, 0.6) is 0 Å². The average molecular weight is 284 g/mol. The summed E-state index contributed by atoms with van der Waals surface area (Å²) < 4.78 is 0. The van der Waals surface area contributed by atoms with Crippen LogP contribution < -0.4 is 0 Å². The summed E-state index contributed by atoms with van der Waals surface area (Å²) in [7, 11) is 1.94. The third-order valence-electron chi connectivity index (χ3n) is 4.52. The first kappa shape index (κ1) is 17.4. The Kier molecular flexibility index (Phi) is 6.96. The Balaban J connectivity index is 2.58. The quantitative estimate of drug-likeness (QED) is 0.812. The Morgan fingerprint density at radius 3 is 2.35 bits per heavy atom. The molecule has 4 nitrogen and oxygen atoms in total. The maximum atomic E-state index is 12.5. The minimum Gasteiger partial charge on any atom is -0.392 e. The molecule has 0 heterocycles. The minimum absolute atomic E-state index is 0.179. The van der Waals surface area contributed by atoms with Crippen LogP contribution >= 0.6 is 0 Å². The van der Waals surface area contributed by atoms with Crippen molar-refractivity contribution in [2.75, 3.05) is 20.1 Å². The highest BCUT2D eigenvalue weighted by molar-refractivity contribution is 5.78. The standard InChI is InChI=1S/C16H32N2O2/c1-12(2)18(10-14(4)19)11-16(20)17(5)15-9-7-6-8-13(15)3/h12-15,19H,6-11H2,1-5H3. The van der Waals surface area contributed by atoms with Crippen LogP contribution in [0.3, 0.4) is 0 Å². The van der Waals surface area contributed by atoms with Gasteiger partial charge in [0.1, 0.15) is 0 Å². The average Bonchev–Trinajstić information content (AvgIpc) is 2.37. The molecule has 1 aliphatic carbocycles. The second-order valence-corrected chi connectivity index (χ2v) is 6.71. The number of carbonyl (C=O) groups is 1. The molecule has 3 atom stereocenters. The fraction of sp³-hybridized carbons (Fsp3) is 0.938. The van der Waals surface area contributed by atoms with E-state index in [4.69, 9.17) is 0 Å². The fourth-order valence-electron chi connectivity index (χ4n) is 3.14. The van der Waals surface area contributed by atoms with Gasteiger partial charge < -0.3 is 10.0 Å². The van der Waals surface area contributed by atoms with Crippen LogP contribution in [-0.2, 0) is 4.79 Å². The first-order chi connectivity index (χ1) is 9.32. The lowest BCUT2D eigenvalue weighted by Crippen LogP contribution is -2.49. The van der Waals surface area contributed by atoms with Gasteiger partial charge in [-0.15, -0.1) is 0 Å². The SMILES string of the molecule is CC(O)CN(CC(=O)N(C)C1CCCCC1C)C(C)C. The number of rotatable bonds is 6. The number of aliphatic hydroxyl groups is 1. The van der Waals surface area contributed by atoms with Gasteiger partial charge in [-0.1, -0.05) is 19.8 Å². The lowest BCUT2D eigenvalue weighted by atomic mass is 9.85. The minimum atomic E-state index is -0.399. The highest BCUT2D eigenvalue weighted by Crippen LogP contribution is 2.27. The van der Waals surface area contributed by atoms with E-state index < -0.39 is 6.10 Å². The summed E-state index contributed by atoms with van der Waals surface area (Å²) in [5, 5.41) is 9.55. The summed E-state index contributed by atoms with van der Waals surface area (Å²) in [6.07, 6.45) is 4.48. The van der Waals surface area contributed by atoms with Crippen molar-refractivity contribution in [3.8, 4) is 0 Å². The summed E-state index contributed by atoms with van der Waals surface area (Å²) in [5.41, 5.74) is 0. The van der Waals surface area contributed by atoms with Gasteiger partial charge in [-0.2, -0.15) is 0 Å². The smallest absolute Gasteiger partial charge is 0.236 e. The van der Waals surface area contributed by atoms with Crippen LogP contribution in [0.25, 0.3) is 0 Å². The van der Waals surface area contributed by atoms with Crippen molar-refractivity contribution in [2.24, 2.45) is 5.92 Å². The van der Waals surface area contributed by atoms with Gasteiger partial charge in [0.2, 0.25) is 5.91 Å². The third-order valence-corrected chi connectivity index (χ3v) is 4.52. The van der Waals surface area contributed by atoms with Crippen LogP contribution in [-0.4, -0.2) is 59.1 Å². The molecule has 1 saturated carbocycles. The van der Waals surface area contributed by atoms with Crippen molar-refractivity contribution in [3.05, 3.63) is 0 Å². The van der Waals surface area contributed by atoms with E-state index in [1.807, 2.05) is 11.9 Å². The molecule has 3 unspecified atom stereocenters. The van der Waals surface area contributed by atoms with Crippen molar-refractivity contribution in [2.45, 2.75) is 71.6 Å². The summed E-state index contributed by atoms with van der Waals surface area (Å²) in [5.74, 6) is 0.778. The van der Waals surface area contributed by atoms with E-state index in [0.29, 0.717) is 25.0 Å². The molecule has 1 fully saturated rings. The molecular formula is C16H32N2O2. The Morgan fingerprint density at radius 1 is 1.25 bits per heavy atom. The molecule has 0 aromatic carbocycles. The topological polar surface area (TPSA) is 43.8 Å². The van der Waals surface area contributed by atoms with E-state index in [9.17, 15) is 9.90 Å². The number of likely N-dealkylation sites (N-methyl/N-ethyl adjacent to an activating group) is 1. The molecular weight excluding hydrogens is 252 g/mol. The highest BCUT2D eigenvalue weighted by Gasteiger charge is 2.29. The van der Waals surface area contributed by atoms with E-state index in [0.717, 1.165) is 6.42 Å². The number of amides is 1. The molecule has 1 aliphatic rings. The van der Waals surface area contributed by atoms with E-state index in [-0.39, 0.29) is 11.9 Å². The van der Waals surface area contributed by atoms with E-state index >= 15 is 0 Å². The van der Waals surface area contributed by atoms with Crippen molar-refractivity contribution in [1.29, 1.82) is 0 Å². The van der Waals surface area contributed by atoms with Gasteiger partial charge in [0.25, 0.3) is 0 Å². The predicted molar refractivity (Wildman–Crippen MR) is 82.6 cm³/mol. The van der Waals surface area contributed by atoms with Crippen molar-refractivity contribution >= 4 is 5.91 Å². The van der Waals surface area contributed by atoms with Crippen LogP contribution in [0, 0.1) is 5.92 Å². The second-order valence-electron chi connectivity index (χ2n) is 6.71. The van der Waals surface area contributed by atoms with Gasteiger partial charge in [-0.05, 0) is 39.5 Å². The molecule has 0 aromatic heterocycles. The Hall–Kier alpha value is -0.610. The van der Waals surface area contributed by atoms with Crippen LogP contribution in [0.4, 0.5) is 0 Å². The zero-order chi connectivity index (χ0) is 15.3. The molecule has 0 aliphatic heterocycles. The number of carbonyl (C=O) groups excluding carboxylic acids is 1. The largest absolute Gasteiger partial charge is 0.392 e. The number of hydrogen-bond acceptors (Lipinski definition) is 3. The Bertz CT molecular complexity index is 305. The summed E-state index contributed by atoms with van der Waals surface area (Å²) >= 11 is 0. The first-order valence-electron chi connectivity index (χ1n) is 8.00. The van der Waals surface area contributed by atoms with Gasteiger partial charge in [0.05, 0.1) is 12.6 Å². The Morgan fingerprint density at radius 2 is 1.85 bits per heavy atom. The normalized spacial score (nSPS) is 25.0. The molecule has 1 rings (SSSR count). The molecule has 4 heteroatoms. The van der Waals surface area contributed by atoms with Crippen LogP contribution in [0.15, 0.2) is 0 Å². The predicted octanol–water partition coefficient (Wildman–Crippen LogP) is 2.11. The summed E-state index contributed by atoms with van der Waals surface area (Å²) in [4.78, 5) is 16.5. The molecule has 1 N–H and O–H groups in total. The second kappa shape index (κ2) is 7.99. The lowest BCUT2D eigenvalue weighted by molar-refractivity contribution is -0.135. The maximum Gasteiger partial charge on any atom is 0.236 e. The van der Waals surface area contributed by atoms with Gasteiger partial charge >= 0.3 is 0 Å². The van der Waals surface area contributed by atoms with E-state index in [2.05, 4.69) is 25.7 Å². The van der Waals surface area contributed by atoms with Gasteiger partial charge in [0.15, 0.2) is 0 Å². The number of nitrogens with zero attached hydrogens (tertiary/aromatic N) is 2. The zero-order valence-electron chi connectivity index (χ0n) is 13.8. The number of aliphatic hydroxyl groups excluding tert-OH is 1. The lowest BCUT2D eigenvalue weighted by Gasteiger charge is -2.38. The molecule has 0 spiro atoms. The Labute approximate surface area is 124 Å². The highest BCUT2D eigenvalue weighted by atomic mass is 16.3. The third kappa shape index (κ3) is 5.06. The fourth-order valence-corrected chi connectivity index (χ4v) is 3.14. The molecule has 0 bridgehead atoms. The van der Waals surface area contributed by atoms with Crippen LogP contribution in [0.1, 0.15) is 53.4 Å². The molecule has 0 saturated heterocycles. The molecule has 0 aromatic rings. The van der Waals surface area contributed by atoms with Gasteiger partial charge in [0, 0.05) is 25.7 Å². The van der Waals surface area contributed by atoms with Gasteiger partial charge in [-0.3, -0.25) is 9.69 Å². The van der Waals surface area contributed by atoms with Crippen molar-refractivity contribution in [1.82, 2.24) is 9.80 Å². The number of hydrogen-bond donors (Lipinski definition) is 1. The molecule has 1 amide bonds. The van der Waals surface area contributed by atoms with Crippen LogP contribution in [0.2, 0.25) is 0 Å². The first-order valence-corrected chi connectivity index (χ1v) is 8.00. The van der Waals surface area contributed by atoms with Gasteiger partial charge in [-0.25, -0.2) is 0 Å². The summed E-state index contributed by atoms with van der Waals surface area (Å²) in [6.45, 7) is 9.12. The van der Waals surface area contributed by atoms with Crippen molar-refractivity contribution in [3.63, 3.8) is 0 Å². The maximum absolute atomic E-state index is 12.5. The monoisotopic (exact) mass is 284 g/mol. The van der Waals surface area contributed by atoms with E-state index in [1.165, 1.54) is 19.3 Å². The zero-order valence-corrected chi connectivity index (χ0v) is 13.8. The van der Waals surface area contributed by atoms with E-state index in [1.54, 1.807) is 6.92 Å². The molecule has 0 radical (unpaired) electrons. The summed E-state index contributed by atoms with van der Waals surface area (Å²) in [6, 6.07) is 0.655. The molecule has 118 valence electrons. The van der Waals surface area contributed by atoms with Crippen molar-refractivity contribution < 1.29 is 9.90 Å².